The number of nitrogens with zero attached hydrogens (tertiary/aromatic N) is 5. The van der Waals surface area contributed by atoms with Crippen LogP contribution in [-0.2, 0) is 13.6 Å². The van der Waals surface area contributed by atoms with E-state index in [1.54, 1.807) is 35.0 Å². The third kappa shape index (κ3) is 3.43. The van der Waals surface area contributed by atoms with Crippen molar-refractivity contribution in [2.45, 2.75) is 6.54 Å². The quantitative estimate of drug-likeness (QED) is 0.543. The van der Waals surface area contributed by atoms with Crippen molar-refractivity contribution in [3.05, 3.63) is 65.7 Å². The molecule has 4 rings (SSSR count). The molecular formula is C19H16FN5OS. The van der Waals surface area contributed by atoms with Crippen LogP contribution in [0.4, 0.5) is 4.39 Å². The highest BCUT2D eigenvalue weighted by atomic mass is 32.1. The summed E-state index contributed by atoms with van der Waals surface area (Å²) in [6.45, 7) is 0.389. The van der Waals surface area contributed by atoms with Crippen LogP contribution in [0.5, 0.6) is 0 Å². The van der Waals surface area contributed by atoms with E-state index in [4.69, 9.17) is 0 Å². The molecule has 0 aliphatic rings. The molecule has 8 heteroatoms. The Morgan fingerprint density at radius 2 is 2.00 bits per heavy atom. The van der Waals surface area contributed by atoms with Gasteiger partial charge < -0.3 is 9.47 Å². The molecule has 2 heterocycles. The largest absolute Gasteiger partial charge is 0.337 e. The molecule has 27 heavy (non-hydrogen) atoms. The monoisotopic (exact) mass is 381 g/mol. The van der Waals surface area contributed by atoms with Crippen molar-refractivity contribution in [1.82, 2.24) is 23.2 Å². The second kappa shape index (κ2) is 6.88. The Kier molecular flexibility index (Phi) is 4.41. The fourth-order valence-corrected chi connectivity index (χ4v) is 3.50. The summed E-state index contributed by atoms with van der Waals surface area (Å²) in [7, 11) is 3.52. The second-order valence-corrected chi connectivity index (χ2v) is 6.87. The Hall–Kier alpha value is -3.13. The number of carbonyl (C=O) groups excluding carboxylic acids is 1. The van der Waals surface area contributed by atoms with Gasteiger partial charge in [0.15, 0.2) is 0 Å². The van der Waals surface area contributed by atoms with Crippen molar-refractivity contribution in [2.24, 2.45) is 7.05 Å². The van der Waals surface area contributed by atoms with Gasteiger partial charge in [-0.05, 0) is 35.9 Å². The van der Waals surface area contributed by atoms with E-state index < -0.39 is 5.82 Å². The van der Waals surface area contributed by atoms with Crippen LogP contribution in [0.3, 0.4) is 0 Å². The van der Waals surface area contributed by atoms with Gasteiger partial charge in [-0.15, -0.1) is 0 Å². The van der Waals surface area contributed by atoms with Crippen molar-refractivity contribution in [2.75, 3.05) is 7.05 Å². The number of aryl methyl sites for hydroxylation is 1. The van der Waals surface area contributed by atoms with Gasteiger partial charge in [0.2, 0.25) is 0 Å². The van der Waals surface area contributed by atoms with Gasteiger partial charge in [-0.25, -0.2) is 9.37 Å². The van der Waals surface area contributed by atoms with Gasteiger partial charge in [-0.1, -0.05) is 6.07 Å². The summed E-state index contributed by atoms with van der Waals surface area (Å²) in [5.41, 5.74) is 3.43. The minimum Gasteiger partial charge on any atom is -0.337 e. The average Bonchev–Trinajstić information content (AvgIpc) is 3.28. The number of amides is 1. The minimum atomic E-state index is -0.470. The van der Waals surface area contributed by atoms with E-state index in [1.165, 1.54) is 12.1 Å². The number of fused-ring (bicyclic) bond motifs is 1. The lowest BCUT2D eigenvalue weighted by atomic mass is 10.1. The lowest BCUT2D eigenvalue weighted by Gasteiger charge is -2.18. The lowest BCUT2D eigenvalue weighted by molar-refractivity contribution is 0.0784. The number of imidazole rings is 1. The molecule has 4 aromatic rings. The normalized spacial score (nSPS) is 11.1. The van der Waals surface area contributed by atoms with Crippen LogP contribution in [0.2, 0.25) is 0 Å². The lowest BCUT2D eigenvalue weighted by Crippen LogP contribution is -2.26. The van der Waals surface area contributed by atoms with E-state index in [2.05, 4.69) is 13.7 Å². The Labute approximate surface area is 159 Å². The molecule has 0 atom stereocenters. The van der Waals surface area contributed by atoms with Gasteiger partial charge in [0.05, 0.1) is 11.7 Å². The highest BCUT2D eigenvalue weighted by molar-refractivity contribution is 7.00. The second-order valence-electron chi connectivity index (χ2n) is 6.34. The number of carbonyl (C=O) groups is 1. The summed E-state index contributed by atoms with van der Waals surface area (Å²) >= 11 is 1.16. The molecule has 0 unspecified atom stereocenters. The smallest absolute Gasteiger partial charge is 0.254 e. The van der Waals surface area contributed by atoms with Gasteiger partial charge in [-0.3, -0.25) is 4.79 Å². The van der Waals surface area contributed by atoms with Crippen LogP contribution in [0.1, 0.15) is 15.9 Å². The van der Waals surface area contributed by atoms with E-state index in [-0.39, 0.29) is 11.5 Å². The molecule has 0 aliphatic heterocycles. The highest BCUT2D eigenvalue weighted by Crippen LogP contribution is 2.22. The van der Waals surface area contributed by atoms with Gasteiger partial charge in [0.1, 0.15) is 22.7 Å². The van der Waals surface area contributed by atoms with Gasteiger partial charge in [0, 0.05) is 44.2 Å². The number of halogens is 1. The Bertz CT molecular complexity index is 1140. The average molecular weight is 381 g/mol. The molecule has 0 saturated heterocycles. The molecule has 6 nitrogen and oxygen atoms in total. The molecule has 136 valence electrons. The Morgan fingerprint density at radius 3 is 2.78 bits per heavy atom. The standard InChI is InChI=1S/C19H16FN5OS/c1-24-6-5-21-18(24)13-8-14(10-15(20)9-13)19(26)25(2)11-12-3-4-16-17(7-12)23-27-22-16/h3-10H,11H2,1-2H3. The molecule has 0 aliphatic carbocycles. The summed E-state index contributed by atoms with van der Waals surface area (Å²) in [5, 5.41) is 0. The molecular weight excluding hydrogens is 365 g/mol. The van der Waals surface area contributed by atoms with E-state index >= 15 is 0 Å². The summed E-state index contributed by atoms with van der Waals surface area (Å²) in [5.74, 6) is -0.128. The number of hydrogen-bond acceptors (Lipinski definition) is 5. The predicted octanol–water partition coefficient (Wildman–Crippen LogP) is 3.50. The molecule has 0 fully saturated rings. The third-order valence-electron chi connectivity index (χ3n) is 4.31. The Balaban J connectivity index is 1.59. The molecule has 2 aromatic carbocycles. The van der Waals surface area contributed by atoms with Crippen LogP contribution in [0.15, 0.2) is 48.8 Å². The zero-order valence-electron chi connectivity index (χ0n) is 14.8. The first-order chi connectivity index (χ1) is 13.0. The van der Waals surface area contributed by atoms with Crippen LogP contribution in [0, 0.1) is 5.82 Å². The molecule has 0 saturated carbocycles. The molecule has 0 N–H and O–H groups in total. The van der Waals surface area contributed by atoms with Gasteiger partial charge >= 0.3 is 0 Å². The summed E-state index contributed by atoms with van der Waals surface area (Å²) < 4.78 is 24.3. The van der Waals surface area contributed by atoms with Gasteiger partial charge in [0.25, 0.3) is 5.91 Å². The maximum absolute atomic E-state index is 14.1. The van der Waals surface area contributed by atoms with Crippen molar-refractivity contribution < 1.29 is 9.18 Å². The summed E-state index contributed by atoms with van der Waals surface area (Å²) in [6, 6.07) is 10.00. The van der Waals surface area contributed by atoms with Crippen LogP contribution >= 0.6 is 11.7 Å². The van der Waals surface area contributed by atoms with E-state index in [1.807, 2.05) is 25.2 Å². The number of aromatic nitrogens is 4. The summed E-state index contributed by atoms with van der Waals surface area (Å²) in [6.07, 6.45) is 3.41. The van der Waals surface area contributed by atoms with E-state index in [0.717, 1.165) is 28.3 Å². The van der Waals surface area contributed by atoms with Crippen LogP contribution in [-0.4, -0.2) is 36.2 Å². The van der Waals surface area contributed by atoms with E-state index in [0.29, 0.717) is 17.9 Å². The van der Waals surface area contributed by atoms with Crippen molar-refractivity contribution in [1.29, 1.82) is 0 Å². The SMILES string of the molecule is CN(Cc1ccc2nsnc2c1)C(=O)c1cc(F)cc(-c2nccn2C)c1. The fraction of sp³-hybridized carbons (Fsp3) is 0.158. The topological polar surface area (TPSA) is 63.9 Å². The summed E-state index contributed by atoms with van der Waals surface area (Å²) in [4.78, 5) is 18.6. The minimum absolute atomic E-state index is 0.263. The molecule has 0 radical (unpaired) electrons. The van der Waals surface area contributed by atoms with Crippen molar-refractivity contribution in [3.8, 4) is 11.4 Å². The zero-order valence-corrected chi connectivity index (χ0v) is 15.6. The van der Waals surface area contributed by atoms with E-state index in [9.17, 15) is 9.18 Å². The van der Waals surface area contributed by atoms with Crippen molar-refractivity contribution >= 4 is 28.7 Å². The highest BCUT2D eigenvalue weighted by Gasteiger charge is 2.16. The predicted molar refractivity (Wildman–Crippen MR) is 102 cm³/mol. The maximum atomic E-state index is 14.1. The molecule has 1 amide bonds. The number of hydrogen-bond donors (Lipinski definition) is 0. The Morgan fingerprint density at radius 1 is 1.19 bits per heavy atom. The maximum Gasteiger partial charge on any atom is 0.254 e. The van der Waals surface area contributed by atoms with Crippen LogP contribution in [0.25, 0.3) is 22.4 Å². The first kappa shape index (κ1) is 17.3. The number of rotatable bonds is 4. The van der Waals surface area contributed by atoms with Crippen molar-refractivity contribution in [3.63, 3.8) is 0 Å². The molecule has 0 spiro atoms. The number of benzene rings is 2. The fourth-order valence-electron chi connectivity index (χ4n) is 2.98. The first-order valence-electron chi connectivity index (χ1n) is 8.26. The molecule has 2 aromatic heterocycles. The zero-order chi connectivity index (χ0) is 19.0. The van der Waals surface area contributed by atoms with Crippen LogP contribution < -0.4 is 0 Å². The third-order valence-corrected chi connectivity index (χ3v) is 4.87. The molecule has 0 bridgehead atoms. The van der Waals surface area contributed by atoms with Gasteiger partial charge in [-0.2, -0.15) is 8.75 Å². The first-order valence-corrected chi connectivity index (χ1v) is 8.99.